The minimum Gasteiger partial charge on any atom is -0.361 e. The molecule has 0 fully saturated rings. The minimum absolute atomic E-state index is 0.0671. The largest absolute Gasteiger partial charge is 0.361 e. The van der Waals surface area contributed by atoms with Crippen LogP contribution in [-0.4, -0.2) is 26.6 Å². The molecule has 0 bridgehead atoms. The van der Waals surface area contributed by atoms with Gasteiger partial charge in [-0.2, -0.15) is 0 Å². The number of rotatable bonds is 5. The second kappa shape index (κ2) is 7.29. The second-order valence-electron chi connectivity index (χ2n) is 6.95. The number of aromatic amines is 1. The van der Waals surface area contributed by atoms with Gasteiger partial charge in [0.25, 0.3) is 5.91 Å². The van der Waals surface area contributed by atoms with Crippen molar-refractivity contribution in [3.8, 4) is 0 Å². The lowest BCUT2D eigenvalue weighted by Crippen LogP contribution is -2.06. The first-order valence-corrected chi connectivity index (χ1v) is 9.47. The molecule has 0 radical (unpaired) electrons. The Morgan fingerprint density at radius 2 is 1.90 bits per heavy atom. The molecule has 0 spiro atoms. The van der Waals surface area contributed by atoms with Gasteiger partial charge in [-0.15, -0.1) is 0 Å². The molecule has 1 aliphatic heterocycles. The molecule has 7 heteroatoms. The van der Waals surface area contributed by atoms with Crippen molar-refractivity contribution in [1.82, 2.24) is 15.0 Å². The minimum atomic E-state index is -0.158. The van der Waals surface area contributed by atoms with Gasteiger partial charge in [0.15, 0.2) is 5.82 Å². The Bertz CT molecular complexity index is 1290. The van der Waals surface area contributed by atoms with E-state index in [2.05, 4.69) is 25.6 Å². The number of amides is 1. The fourth-order valence-electron chi connectivity index (χ4n) is 3.55. The number of hydrogen-bond donors (Lipinski definition) is 3. The maximum Gasteiger partial charge on any atom is 0.257 e. The van der Waals surface area contributed by atoms with Crippen molar-refractivity contribution in [3.63, 3.8) is 0 Å². The standard InChI is InChI=1S/C23H17N5O2/c29-20(22-25-10-11-26-22)12-14-3-5-15(6-4-14)27-13-17-21-16-2-1-9-24-18(16)7-8-19(21)28-23(17)30/h1-11,13,27H,12H2,(H,25,26)(H,28,30)/b17-13-. The molecule has 1 amide bonds. The summed E-state index contributed by atoms with van der Waals surface area (Å²) in [5.41, 5.74) is 4.72. The first-order chi connectivity index (χ1) is 14.7. The maximum absolute atomic E-state index is 12.5. The number of ketones is 1. The van der Waals surface area contributed by atoms with E-state index in [0.29, 0.717) is 11.4 Å². The molecule has 0 saturated carbocycles. The Kier molecular flexibility index (Phi) is 4.33. The summed E-state index contributed by atoms with van der Waals surface area (Å²) < 4.78 is 0. The highest BCUT2D eigenvalue weighted by Gasteiger charge is 2.26. The number of carbonyl (C=O) groups is 2. The first kappa shape index (κ1) is 17.8. The highest BCUT2D eigenvalue weighted by molar-refractivity contribution is 6.34. The van der Waals surface area contributed by atoms with Crippen molar-refractivity contribution < 1.29 is 9.59 Å². The molecular formula is C23H17N5O2. The fraction of sp³-hybridized carbons (Fsp3) is 0.0435. The number of Topliss-reactive ketones (excluding diaryl/α,β-unsaturated/α-hetero) is 1. The molecular weight excluding hydrogens is 378 g/mol. The van der Waals surface area contributed by atoms with Gasteiger partial charge in [0.2, 0.25) is 5.78 Å². The maximum atomic E-state index is 12.5. The lowest BCUT2D eigenvalue weighted by atomic mass is 10.0. The first-order valence-electron chi connectivity index (χ1n) is 9.47. The highest BCUT2D eigenvalue weighted by atomic mass is 16.2. The molecule has 5 rings (SSSR count). The summed E-state index contributed by atoms with van der Waals surface area (Å²) >= 11 is 0. The third-order valence-electron chi connectivity index (χ3n) is 5.01. The average Bonchev–Trinajstić information content (AvgIpc) is 3.41. The van der Waals surface area contributed by atoms with Crippen LogP contribution in [0.3, 0.4) is 0 Å². The van der Waals surface area contributed by atoms with E-state index < -0.39 is 0 Å². The number of anilines is 2. The monoisotopic (exact) mass is 395 g/mol. The van der Waals surface area contributed by atoms with Crippen LogP contribution in [0.1, 0.15) is 21.7 Å². The van der Waals surface area contributed by atoms with E-state index >= 15 is 0 Å². The number of benzene rings is 2. The lowest BCUT2D eigenvalue weighted by molar-refractivity contribution is -0.110. The van der Waals surface area contributed by atoms with Crippen LogP contribution in [0.15, 0.2) is 73.3 Å². The molecule has 0 aliphatic carbocycles. The molecule has 30 heavy (non-hydrogen) atoms. The summed E-state index contributed by atoms with van der Waals surface area (Å²) in [7, 11) is 0. The van der Waals surface area contributed by atoms with Crippen molar-refractivity contribution in [2.24, 2.45) is 0 Å². The fourth-order valence-corrected chi connectivity index (χ4v) is 3.55. The zero-order valence-corrected chi connectivity index (χ0v) is 15.8. The van der Waals surface area contributed by atoms with Crippen molar-refractivity contribution in [2.75, 3.05) is 10.6 Å². The van der Waals surface area contributed by atoms with Gasteiger partial charge < -0.3 is 15.6 Å². The average molecular weight is 395 g/mol. The molecule has 2 aromatic carbocycles. The van der Waals surface area contributed by atoms with Crippen LogP contribution >= 0.6 is 0 Å². The molecule has 0 unspecified atom stereocenters. The van der Waals surface area contributed by atoms with E-state index in [0.717, 1.165) is 33.4 Å². The zero-order chi connectivity index (χ0) is 20.5. The Hall–Kier alpha value is -4.26. The quantitative estimate of drug-likeness (QED) is 0.353. The molecule has 0 atom stereocenters. The topological polar surface area (TPSA) is 99.8 Å². The van der Waals surface area contributed by atoms with Crippen molar-refractivity contribution in [3.05, 3.63) is 90.3 Å². The number of imidazole rings is 1. The Balaban J connectivity index is 1.37. The lowest BCUT2D eigenvalue weighted by Gasteiger charge is -2.06. The third kappa shape index (κ3) is 3.22. The van der Waals surface area contributed by atoms with Crippen LogP contribution in [0.4, 0.5) is 11.4 Å². The number of pyridine rings is 1. The van der Waals surface area contributed by atoms with Crippen LogP contribution in [0.25, 0.3) is 16.5 Å². The molecule has 3 heterocycles. The number of carbonyl (C=O) groups excluding carboxylic acids is 2. The van der Waals surface area contributed by atoms with Crippen molar-refractivity contribution in [1.29, 1.82) is 0 Å². The number of aromatic nitrogens is 3. The van der Waals surface area contributed by atoms with Crippen LogP contribution in [0.5, 0.6) is 0 Å². The molecule has 4 aromatic rings. The second-order valence-corrected chi connectivity index (χ2v) is 6.95. The van der Waals surface area contributed by atoms with Gasteiger partial charge in [-0.05, 0) is 35.9 Å². The van der Waals surface area contributed by atoms with Gasteiger partial charge >= 0.3 is 0 Å². The van der Waals surface area contributed by atoms with Gasteiger partial charge in [0.05, 0.1) is 11.1 Å². The van der Waals surface area contributed by atoms with Crippen LogP contribution in [0, 0.1) is 0 Å². The summed E-state index contributed by atoms with van der Waals surface area (Å²) in [5.74, 6) is 0.131. The summed E-state index contributed by atoms with van der Waals surface area (Å²) in [4.78, 5) is 35.8. The molecule has 1 aliphatic rings. The van der Waals surface area contributed by atoms with E-state index in [-0.39, 0.29) is 18.1 Å². The van der Waals surface area contributed by atoms with Gasteiger partial charge in [-0.1, -0.05) is 18.2 Å². The van der Waals surface area contributed by atoms with Crippen LogP contribution < -0.4 is 10.6 Å². The summed E-state index contributed by atoms with van der Waals surface area (Å²) in [6, 6.07) is 15.1. The summed E-state index contributed by atoms with van der Waals surface area (Å²) in [6.45, 7) is 0. The number of fused-ring (bicyclic) bond motifs is 3. The Morgan fingerprint density at radius 1 is 1.03 bits per heavy atom. The molecule has 146 valence electrons. The predicted octanol–water partition coefficient (Wildman–Crippen LogP) is 3.79. The van der Waals surface area contributed by atoms with Crippen LogP contribution in [-0.2, 0) is 11.2 Å². The molecule has 0 saturated heterocycles. The van der Waals surface area contributed by atoms with E-state index in [9.17, 15) is 9.59 Å². The van der Waals surface area contributed by atoms with E-state index in [1.165, 1.54) is 0 Å². The predicted molar refractivity (Wildman–Crippen MR) is 115 cm³/mol. The SMILES string of the molecule is O=C1Nc2ccc3ncccc3c2/C1=C/Nc1ccc(CC(=O)c2ncc[nH]2)cc1. The molecule has 2 aromatic heterocycles. The van der Waals surface area contributed by atoms with Gasteiger partial charge in [0, 0.05) is 53.5 Å². The molecule has 3 N–H and O–H groups in total. The van der Waals surface area contributed by atoms with Crippen molar-refractivity contribution >= 4 is 39.5 Å². The molecule has 7 nitrogen and oxygen atoms in total. The van der Waals surface area contributed by atoms with Gasteiger partial charge in [-0.3, -0.25) is 14.6 Å². The Labute approximate surface area is 171 Å². The number of H-pyrrole nitrogens is 1. The van der Waals surface area contributed by atoms with Crippen molar-refractivity contribution in [2.45, 2.75) is 6.42 Å². The van der Waals surface area contributed by atoms with Crippen LogP contribution in [0.2, 0.25) is 0 Å². The normalized spacial score (nSPS) is 14.0. The van der Waals surface area contributed by atoms with E-state index in [1.54, 1.807) is 24.8 Å². The summed E-state index contributed by atoms with van der Waals surface area (Å²) in [6.07, 6.45) is 6.90. The smallest absolute Gasteiger partial charge is 0.257 e. The Morgan fingerprint density at radius 3 is 2.70 bits per heavy atom. The van der Waals surface area contributed by atoms with E-state index in [4.69, 9.17) is 0 Å². The van der Waals surface area contributed by atoms with Gasteiger partial charge in [0.1, 0.15) is 0 Å². The number of nitrogens with zero attached hydrogens (tertiary/aromatic N) is 2. The number of hydrogen-bond acceptors (Lipinski definition) is 5. The highest BCUT2D eigenvalue weighted by Crippen LogP contribution is 2.37. The summed E-state index contributed by atoms with van der Waals surface area (Å²) in [5, 5.41) is 7.01. The zero-order valence-electron chi connectivity index (χ0n) is 15.8. The van der Waals surface area contributed by atoms with E-state index in [1.807, 2.05) is 48.5 Å². The third-order valence-corrected chi connectivity index (χ3v) is 5.01. The number of nitrogens with one attached hydrogen (secondary N) is 3. The van der Waals surface area contributed by atoms with Gasteiger partial charge in [-0.25, -0.2) is 4.98 Å².